The number of anilines is 2. The molecule has 1 aliphatic heterocycles. The van der Waals surface area contributed by atoms with E-state index < -0.39 is 0 Å². The van der Waals surface area contributed by atoms with E-state index >= 15 is 0 Å². The molecule has 21 heavy (non-hydrogen) atoms. The molecule has 3 rings (SSSR count). The summed E-state index contributed by atoms with van der Waals surface area (Å²) in [5, 5.41) is 8.52. The molecule has 2 aromatic rings. The van der Waals surface area contributed by atoms with E-state index in [1.165, 1.54) is 17.7 Å². The smallest absolute Gasteiger partial charge is 0.171 e. The summed E-state index contributed by atoms with van der Waals surface area (Å²) in [5.74, 6) is -0.292. The van der Waals surface area contributed by atoms with Crippen molar-refractivity contribution < 1.29 is 4.39 Å². The normalized spacial score (nSPS) is 13.4. The van der Waals surface area contributed by atoms with E-state index in [9.17, 15) is 4.39 Å². The number of thiocarbonyl (C=S) groups is 1. The van der Waals surface area contributed by atoms with Gasteiger partial charge in [0.25, 0.3) is 0 Å². The largest absolute Gasteiger partial charge is 0.348 e. The predicted octanol–water partition coefficient (Wildman–Crippen LogP) is 2.91. The number of para-hydroxylation sites is 1. The Morgan fingerprint density at radius 1 is 1.24 bits per heavy atom. The number of nitrogens with zero attached hydrogens (tertiary/aromatic N) is 1. The van der Waals surface area contributed by atoms with E-state index in [0.717, 1.165) is 12.2 Å². The van der Waals surface area contributed by atoms with Gasteiger partial charge in [-0.15, -0.1) is 0 Å². The summed E-state index contributed by atoms with van der Waals surface area (Å²) >= 11 is 5.20. The van der Waals surface area contributed by atoms with Crippen molar-refractivity contribution in [2.75, 3.05) is 17.4 Å². The minimum Gasteiger partial charge on any atom is -0.348 e. The molecule has 0 amide bonds. The van der Waals surface area contributed by atoms with Crippen molar-refractivity contribution in [1.82, 2.24) is 10.3 Å². The second kappa shape index (κ2) is 6.07. The Hall–Kier alpha value is -2.18. The third kappa shape index (κ3) is 3.48. The Kier molecular flexibility index (Phi) is 3.98. The van der Waals surface area contributed by atoms with E-state index in [0.29, 0.717) is 17.5 Å². The molecule has 0 fully saturated rings. The van der Waals surface area contributed by atoms with Gasteiger partial charge >= 0.3 is 0 Å². The lowest BCUT2D eigenvalue weighted by Gasteiger charge is -2.18. The Morgan fingerprint density at radius 3 is 2.90 bits per heavy atom. The molecule has 0 saturated heterocycles. The van der Waals surface area contributed by atoms with Gasteiger partial charge in [-0.05, 0) is 42.0 Å². The van der Waals surface area contributed by atoms with Gasteiger partial charge in [-0.3, -0.25) is 0 Å². The lowest BCUT2D eigenvalue weighted by Crippen LogP contribution is -2.39. The molecule has 0 atom stereocenters. The van der Waals surface area contributed by atoms with Gasteiger partial charge in [-0.25, -0.2) is 4.39 Å². The number of fused-ring (bicyclic) bond motifs is 1. The summed E-state index contributed by atoms with van der Waals surface area (Å²) in [6, 6.07) is 14.3. The first kappa shape index (κ1) is 13.8. The average Bonchev–Trinajstić information content (AvgIpc) is 2.88. The lowest BCUT2D eigenvalue weighted by atomic mass is 10.2. The fourth-order valence-electron chi connectivity index (χ4n) is 2.19. The third-order valence-corrected chi connectivity index (χ3v) is 3.42. The molecule has 1 heterocycles. The van der Waals surface area contributed by atoms with Crippen molar-refractivity contribution in [1.29, 1.82) is 0 Å². The molecule has 0 saturated carbocycles. The summed E-state index contributed by atoms with van der Waals surface area (Å²) in [7, 11) is 0. The molecule has 2 aromatic carbocycles. The minimum absolute atomic E-state index is 0.292. The van der Waals surface area contributed by atoms with E-state index in [4.69, 9.17) is 12.2 Å². The standard InChI is InChI=1S/C15H15FN4S/c16-12-5-3-6-13(8-12)18-15(21)17-10-20-9-11-4-1-2-7-14(11)19-20/h1-8,19H,9-10H2,(H2,17,18,21). The molecule has 0 aromatic heterocycles. The van der Waals surface area contributed by atoms with Crippen molar-refractivity contribution in [2.45, 2.75) is 6.54 Å². The first-order valence-corrected chi connectivity index (χ1v) is 7.01. The summed E-state index contributed by atoms with van der Waals surface area (Å²) in [6.45, 7) is 1.36. The number of hydrazine groups is 1. The molecule has 3 N–H and O–H groups in total. The summed E-state index contributed by atoms with van der Waals surface area (Å²) in [4.78, 5) is 0. The summed E-state index contributed by atoms with van der Waals surface area (Å²) in [6.07, 6.45) is 0. The molecule has 108 valence electrons. The fraction of sp³-hybridized carbons (Fsp3) is 0.133. The molecular formula is C15H15FN4S. The van der Waals surface area contributed by atoms with Gasteiger partial charge in [0.2, 0.25) is 0 Å². The Bertz CT molecular complexity index is 637. The lowest BCUT2D eigenvalue weighted by molar-refractivity contribution is 0.337. The SMILES string of the molecule is Fc1cccc(NC(=S)NCN2Cc3ccccc3N2)c1. The highest BCUT2D eigenvalue weighted by Gasteiger charge is 2.16. The number of hydrogen-bond donors (Lipinski definition) is 3. The monoisotopic (exact) mass is 302 g/mol. The maximum atomic E-state index is 13.1. The zero-order valence-corrected chi connectivity index (χ0v) is 12.1. The number of nitrogens with one attached hydrogen (secondary N) is 3. The number of halogens is 1. The highest BCUT2D eigenvalue weighted by Crippen LogP contribution is 2.23. The van der Waals surface area contributed by atoms with Crippen LogP contribution < -0.4 is 16.1 Å². The van der Waals surface area contributed by atoms with Crippen LogP contribution in [0.4, 0.5) is 15.8 Å². The van der Waals surface area contributed by atoms with Gasteiger partial charge in [-0.2, -0.15) is 5.01 Å². The quantitative estimate of drug-likeness (QED) is 0.761. The fourth-order valence-corrected chi connectivity index (χ4v) is 2.37. The van der Waals surface area contributed by atoms with E-state index in [1.54, 1.807) is 12.1 Å². The van der Waals surface area contributed by atoms with Crippen molar-refractivity contribution in [3.05, 3.63) is 59.9 Å². The second-order valence-corrected chi connectivity index (χ2v) is 5.17. The molecule has 6 heteroatoms. The molecule has 4 nitrogen and oxygen atoms in total. The Morgan fingerprint density at radius 2 is 2.10 bits per heavy atom. The molecule has 0 radical (unpaired) electrons. The Labute approximate surface area is 127 Å². The molecule has 1 aliphatic rings. The van der Waals surface area contributed by atoms with Gasteiger partial charge in [0, 0.05) is 12.2 Å². The first-order valence-electron chi connectivity index (χ1n) is 6.60. The van der Waals surface area contributed by atoms with Crippen LogP contribution in [0.15, 0.2) is 48.5 Å². The van der Waals surface area contributed by atoms with Crippen molar-refractivity contribution in [2.24, 2.45) is 0 Å². The van der Waals surface area contributed by atoms with Crippen LogP contribution in [0, 0.1) is 5.82 Å². The average molecular weight is 302 g/mol. The van der Waals surface area contributed by atoms with Gasteiger partial charge in [0.15, 0.2) is 5.11 Å². The van der Waals surface area contributed by atoms with Gasteiger partial charge in [0.05, 0.1) is 12.4 Å². The van der Waals surface area contributed by atoms with Crippen LogP contribution >= 0.6 is 12.2 Å². The number of rotatable bonds is 3. The zero-order chi connectivity index (χ0) is 14.7. The van der Waals surface area contributed by atoms with E-state index in [2.05, 4.69) is 22.1 Å². The van der Waals surface area contributed by atoms with Gasteiger partial charge in [-0.1, -0.05) is 24.3 Å². The van der Waals surface area contributed by atoms with Gasteiger partial charge in [0.1, 0.15) is 5.82 Å². The van der Waals surface area contributed by atoms with E-state index in [-0.39, 0.29) is 5.82 Å². The Balaban J connectivity index is 1.49. The third-order valence-electron chi connectivity index (χ3n) is 3.17. The van der Waals surface area contributed by atoms with Crippen LogP contribution in [0.1, 0.15) is 5.56 Å². The topological polar surface area (TPSA) is 39.3 Å². The molecule has 0 unspecified atom stereocenters. The van der Waals surface area contributed by atoms with Crippen LogP contribution in [-0.2, 0) is 6.54 Å². The highest BCUT2D eigenvalue weighted by molar-refractivity contribution is 7.80. The van der Waals surface area contributed by atoms with Crippen LogP contribution in [0.25, 0.3) is 0 Å². The van der Waals surface area contributed by atoms with E-state index in [1.807, 2.05) is 23.2 Å². The molecular weight excluding hydrogens is 287 g/mol. The molecule has 0 bridgehead atoms. The van der Waals surface area contributed by atoms with Crippen molar-refractivity contribution >= 4 is 28.7 Å². The van der Waals surface area contributed by atoms with Crippen LogP contribution in [-0.4, -0.2) is 16.8 Å². The maximum Gasteiger partial charge on any atom is 0.171 e. The minimum atomic E-state index is -0.292. The highest BCUT2D eigenvalue weighted by atomic mass is 32.1. The van der Waals surface area contributed by atoms with Crippen LogP contribution in [0.2, 0.25) is 0 Å². The van der Waals surface area contributed by atoms with Crippen molar-refractivity contribution in [3.63, 3.8) is 0 Å². The number of benzene rings is 2. The summed E-state index contributed by atoms with van der Waals surface area (Å²) < 4.78 is 13.1. The molecule has 0 spiro atoms. The molecule has 0 aliphatic carbocycles. The first-order chi connectivity index (χ1) is 10.2. The summed E-state index contributed by atoms with van der Waals surface area (Å²) in [5.41, 5.74) is 6.28. The maximum absolute atomic E-state index is 13.1. The second-order valence-electron chi connectivity index (χ2n) is 4.77. The van der Waals surface area contributed by atoms with Crippen LogP contribution in [0.3, 0.4) is 0 Å². The zero-order valence-electron chi connectivity index (χ0n) is 11.3. The van der Waals surface area contributed by atoms with Gasteiger partial charge < -0.3 is 16.1 Å². The van der Waals surface area contributed by atoms with Crippen LogP contribution in [0.5, 0.6) is 0 Å². The number of hydrogen-bond acceptors (Lipinski definition) is 3. The predicted molar refractivity (Wildman–Crippen MR) is 86.2 cm³/mol. The van der Waals surface area contributed by atoms with Crippen molar-refractivity contribution in [3.8, 4) is 0 Å².